The van der Waals surface area contributed by atoms with E-state index in [2.05, 4.69) is 10.3 Å². The maximum absolute atomic E-state index is 11.1. The van der Waals surface area contributed by atoms with Gasteiger partial charge in [0.15, 0.2) is 5.69 Å². The van der Waals surface area contributed by atoms with E-state index in [4.69, 9.17) is 21.4 Å². The van der Waals surface area contributed by atoms with Crippen LogP contribution in [-0.2, 0) is 6.54 Å². The van der Waals surface area contributed by atoms with Crippen LogP contribution in [0.3, 0.4) is 0 Å². The average molecular weight is 308 g/mol. The van der Waals surface area contributed by atoms with E-state index in [1.54, 1.807) is 16.8 Å². The van der Waals surface area contributed by atoms with Crippen LogP contribution in [0.4, 0.5) is 0 Å². The van der Waals surface area contributed by atoms with Gasteiger partial charge < -0.3 is 9.84 Å². The van der Waals surface area contributed by atoms with Crippen molar-refractivity contribution in [3.8, 4) is 5.75 Å². The third-order valence-corrected chi connectivity index (χ3v) is 3.65. The minimum absolute atomic E-state index is 0.0512. The molecule has 0 aliphatic heterocycles. The van der Waals surface area contributed by atoms with E-state index in [-0.39, 0.29) is 11.6 Å². The highest BCUT2D eigenvalue weighted by Gasteiger charge is 2.33. The molecule has 0 bridgehead atoms. The smallest absolute Gasteiger partial charge is 0.358 e. The lowest BCUT2D eigenvalue weighted by atomic mass is 10.2. The summed E-state index contributed by atoms with van der Waals surface area (Å²) in [5.74, 6) is -0.174. The molecule has 2 aromatic rings. The van der Waals surface area contributed by atoms with Gasteiger partial charge in [-0.25, -0.2) is 9.48 Å². The van der Waals surface area contributed by atoms with E-state index in [0.717, 1.165) is 12.8 Å². The number of aromatic nitrogens is 3. The minimum atomic E-state index is -1.03. The molecule has 3 rings (SSSR count). The zero-order valence-corrected chi connectivity index (χ0v) is 12.0. The largest absolute Gasteiger partial charge is 0.490 e. The van der Waals surface area contributed by atoms with Crippen LogP contribution in [0.25, 0.3) is 0 Å². The summed E-state index contributed by atoms with van der Waals surface area (Å²) >= 11 is 6.01. The van der Waals surface area contributed by atoms with E-state index in [1.807, 2.05) is 12.1 Å². The molecule has 1 aliphatic rings. The highest BCUT2D eigenvalue weighted by Crippen LogP contribution is 2.41. The normalized spacial score (nSPS) is 14.1. The Bertz CT molecular complexity index is 667. The van der Waals surface area contributed by atoms with Crippen LogP contribution in [0.1, 0.15) is 34.9 Å². The number of carboxylic acid groups (broad SMARTS) is 1. The highest BCUT2D eigenvalue weighted by atomic mass is 35.5. The standard InChI is InChI=1S/C14H14ClN3O3/c15-10-3-1-2-4-11(10)21-8-7-18-13(9-5-6-9)12(14(19)20)16-17-18/h1-4,9H,5-8H2,(H,19,20). The molecule has 1 aliphatic carbocycles. The maximum Gasteiger partial charge on any atom is 0.358 e. The fourth-order valence-electron chi connectivity index (χ4n) is 2.20. The van der Waals surface area contributed by atoms with E-state index in [9.17, 15) is 4.79 Å². The fraction of sp³-hybridized carbons (Fsp3) is 0.357. The van der Waals surface area contributed by atoms with Crippen molar-refractivity contribution in [2.24, 2.45) is 0 Å². The first-order chi connectivity index (χ1) is 10.2. The Morgan fingerprint density at radius 1 is 1.43 bits per heavy atom. The first-order valence-corrected chi connectivity index (χ1v) is 7.08. The van der Waals surface area contributed by atoms with Gasteiger partial charge in [-0.2, -0.15) is 0 Å². The summed E-state index contributed by atoms with van der Waals surface area (Å²) in [6.45, 7) is 0.795. The minimum Gasteiger partial charge on any atom is -0.490 e. The first kappa shape index (κ1) is 13.9. The average Bonchev–Trinajstić information content (AvgIpc) is 3.21. The van der Waals surface area contributed by atoms with Gasteiger partial charge in [-0.15, -0.1) is 5.10 Å². The van der Waals surface area contributed by atoms with Crippen LogP contribution in [0.2, 0.25) is 5.02 Å². The lowest BCUT2D eigenvalue weighted by Crippen LogP contribution is -2.13. The Labute approximate surface area is 126 Å². The van der Waals surface area contributed by atoms with Crippen LogP contribution in [-0.4, -0.2) is 32.7 Å². The molecule has 1 fully saturated rings. The topological polar surface area (TPSA) is 77.2 Å². The summed E-state index contributed by atoms with van der Waals surface area (Å²) < 4.78 is 7.22. The summed E-state index contributed by atoms with van der Waals surface area (Å²) in [6.07, 6.45) is 1.97. The molecule has 0 radical (unpaired) electrons. The van der Waals surface area contributed by atoms with Crippen molar-refractivity contribution < 1.29 is 14.6 Å². The van der Waals surface area contributed by atoms with Crippen molar-refractivity contribution in [3.63, 3.8) is 0 Å². The van der Waals surface area contributed by atoms with Gasteiger partial charge in [0.2, 0.25) is 0 Å². The second-order valence-corrected chi connectivity index (χ2v) is 5.31. The predicted octanol–water partition coefficient (Wildman–Crippen LogP) is 2.59. The lowest BCUT2D eigenvalue weighted by molar-refractivity contribution is 0.0689. The van der Waals surface area contributed by atoms with Crippen LogP contribution >= 0.6 is 11.6 Å². The molecule has 0 atom stereocenters. The molecule has 0 saturated heterocycles. The summed E-state index contributed by atoms with van der Waals surface area (Å²) in [4.78, 5) is 11.1. The van der Waals surface area contributed by atoms with E-state index in [1.165, 1.54) is 0 Å². The monoisotopic (exact) mass is 307 g/mol. The third kappa shape index (κ3) is 3.00. The molecule has 1 heterocycles. The quantitative estimate of drug-likeness (QED) is 0.887. The van der Waals surface area contributed by atoms with Gasteiger partial charge in [-0.1, -0.05) is 28.9 Å². The number of carboxylic acids is 1. The van der Waals surface area contributed by atoms with Gasteiger partial charge in [0.05, 0.1) is 17.3 Å². The second kappa shape index (κ2) is 5.73. The van der Waals surface area contributed by atoms with Crippen molar-refractivity contribution in [1.82, 2.24) is 15.0 Å². The van der Waals surface area contributed by atoms with Gasteiger partial charge in [0, 0.05) is 5.92 Å². The summed E-state index contributed by atoms with van der Waals surface area (Å²) in [7, 11) is 0. The number of hydrogen-bond acceptors (Lipinski definition) is 4. The van der Waals surface area contributed by atoms with Gasteiger partial charge in [0.25, 0.3) is 0 Å². The van der Waals surface area contributed by atoms with Crippen molar-refractivity contribution in [2.45, 2.75) is 25.3 Å². The highest BCUT2D eigenvalue weighted by molar-refractivity contribution is 6.32. The van der Waals surface area contributed by atoms with Crippen molar-refractivity contribution in [3.05, 3.63) is 40.7 Å². The number of rotatable bonds is 6. The van der Waals surface area contributed by atoms with Crippen molar-refractivity contribution >= 4 is 17.6 Å². The molecule has 110 valence electrons. The molecule has 0 unspecified atom stereocenters. The molecule has 1 aromatic carbocycles. The first-order valence-electron chi connectivity index (χ1n) is 6.71. The Kier molecular flexibility index (Phi) is 3.79. The Morgan fingerprint density at radius 3 is 2.86 bits per heavy atom. The number of carbonyl (C=O) groups is 1. The van der Waals surface area contributed by atoms with Crippen molar-refractivity contribution in [2.75, 3.05) is 6.61 Å². The third-order valence-electron chi connectivity index (χ3n) is 3.34. The number of hydrogen-bond donors (Lipinski definition) is 1. The van der Waals surface area contributed by atoms with Crippen LogP contribution < -0.4 is 4.74 Å². The summed E-state index contributed by atoms with van der Waals surface area (Å²) in [5.41, 5.74) is 0.750. The molecule has 7 heteroatoms. The number of aromatic carboxylic acids is 1. The molecule has 6 nitrogen and oxygen atoms in total. The van der Waals surface area contributed by atoms with E-state index in [0.29, 0.717) is 29.6 Å². The van der Waals surface area contributed by atoms with Crippen LogP contribution in [0.15, 0.2) is 24.3 Å². The molecule has 21 heavy (non-hydrogen) atoms. The fourth-order valence-corrected chi connectivity index (χ4v) is 2.39. The Morgan fingerprint density at radius 2 is 2.19 bits per heavy atom. The van der Waals surface area contributed by atoms with Crippen molar-refractivity contribution in [1.29, 1.82) is 0 Å². The molecule has 0 spiro atoms. The molecule has 0 amide bonds. The number of para-hydroxylation sites is 1. The number of nitrogens with zero attached hydrogens (tertiary/aromatic N) is 3. The van der Waals surface area contributed by atoms with Gasteiger partial charge in [0.1, 0.15) is 12.4 Å². The zero-order chi connectivity index (χ0) is 14.8. The van der Waals surface area contributed by atoms with Gasteiger partial charge in [-0.05, 0) is 25.0 Å². The summed E-state index contributed by atoms with van der Waals surface area (Å²) in [5, 5.41) is 17.4. The number of ether oxygens (including phenoxy) is 1. The molecule has 1 N–H and O–H groups in total. The number of halogens is 1. The predicted molar refractivity (Wildman–Crippen MR) is 75.9 cm³/mol. The molecular weight excluding hydrogens is 294 g/mol. The second-order valence-electron chi connectivity index (χ2n) is 4.90. The molecule has 1 saturated carbocycles. The number of benzene rings is 1. The van der Waals surface area contributed by atoms with Crippen LogP contribution in [0.5, 0.6) is 5.75 Å². The van der Waals surface area contributed by atoms with E-state index < -0.39 is 5.97 Å². The maximum atomic E-state index is 11.1. The summed E-state index contributed by atoms with van der Waals surface area (Å²) in [6, 6.07) is 7.21. The zero-order valence-electron chi connectivity index (χ0n) is 11.2. The SMILES string of the molecule is O=C(O)c1nnn(CCOc2ccccc2Cl)c1C1CC1. The van der Waals surface area contributed by atoms with E-state index >= 15 is 0 Å². The Balaban J connectivity index is 1.68. The van der Waals surface area contributed by atoms with Gasteiger partial charge >= 0.3 is 5.97 Å². The molecular formula is C14H14ClN3O3. The van der Waals surface area contributed by atoms with Gasteiger partial charge in [-0.3, -0.25) is 0 Å². The Hall–Kier alpha value is -2.08. The molecule has 1 aromatic heterocycles. The van der Waals surface area contributed by atoms with Crippen LogP contribution in [0, 0.1) is 0 Å². The lowest BCUT2D eigenvalue weighted by Gasteiger charge is -2.09.